The minimum absolute atomic E-state index is 0.0278. The van der Waals surface area contributed by atoms with Crippen LogP contribution in [0.25, 0.3) is 0 Å². The molecule has 0 aromatic heterocycles. The van der Waals surface area contributed by atoms with Crippen molar-refractivity contribution in [3.8, 4) is 11.5 Å². The van der Waals surface area contributed by atoms with Crippen LogP contribution in [-0.4, -0.2) is 25.8 Å². The third-order valence-electron chi connectivity index (χ3n) is 2.49. The highest BCUT2D eigenvalue weighted by Crippen LogP contribution is 2.37. The van der Waals surface area contributed by atoms with Crippen LogP contribution in [0.5, 0.6) is 11.5 Å². The molecule has 4 nitrogen and oxygen atoms in total. The molecule has 1 rings (SSSR count). The van der Waals surface area contributed by atoms with E-state index in [4.69, 9.17) is 21.1 Å². The van der Waals surface area contributed by atoms with Gasteiger partial charge in [0, 0.05) is 18.4 Å². The van der Waals surface area contributed by atoms with Gasteiger partial charge >= 0.3 is 0 Å². The lowest BCUT2D eigenvalue weighted by Crippen LogP contribution is -2.04. The van der Waals surface area contributed by atoms with Gasteiger partial charge in [-0.25, -0.2) is 0 Å². The first kappa shape index (κ1) is 14.5. The minimum atomic E-state index is -0.184. The quantitative estimate of drug-likeness (QED) is 0.746. The Bertz CT molecular complexity index is 468. The van der Waals surface area contributed by atoms with Crippen molar-refractivity contribution in [3.05, 3.63) is 22.7 Å². The van der Waals surface area contributed by atoms with E-state index in [9.17, 15) is 9.59 Å². The van der Waals surface area contributed by atoms with Crippen molar-refractivity contribution in [2.45, 2.75) is 19.8 Å². The van der Waals surface area contributed by atoms with E-state index >= 15 is 0 Å². The van der Waals surface area contributed by atoms with Crippen molar-refractivity contribution in [2.24, 2.45) is 0 Å². The monoisotopic (exact) mass is 270 g/mol. The van der Waals surface area contributed by atoms with Crippen LogP contribution in [0.3, 0.4) is 0 Å². The van der Waals surface area contributed by atoms with Gasteiger partial charge < -0.3 is 14.3 Å². The second-order valence-corrected chi connectivity index (χ2v) is 4.17. The van der Waals surface area contributed by atoms with Gasteiger partial charge in [0.25, 0.3) is 0 Å². The van der Waals surface area contributed by atoms with Gasteiger partial charge in [0.05, 0.1) is 19.2 Å². The van der Waals surface area contributed by atoms with Crippen LogP contribution in [-0.2, 0) is 4.79 Å². The van der Waals surface area contributed by atoms with E-state index in [2.05, 4.69) is 0 Å². The number of methoxy groups -OCH3 is 2. The number of hydrogen-bond donors (Lipinski definition) is 0. The zero-order valence-electron chi connectivity index (χ0n) is 10.6. The van der Waals surface area contributed by atoms with Gasteiger partial charge in [-0.1, -0.05) is 11.6 Å². The summed E-state index contributed by atoms with van der Waals surface area (Å²) in [6, 6.07) is 3.19. The van der Waals surface area contributed by atoms with Gasteiger partial charge in [0.15, 0.2) is 17.3 Å². The normalized spacial score (nSPS) is 10.0. The molecule has 0 aliphatic heterocycles. The predicted octanol–water partition coefficient (Wildman–Crippen LogP) is 2.91. The van der Waals surface area contributed by atoms with Crippen molar-refractivity contribution < 1.29 is 19.1 Å². The Hall–Kier alpha value is -1.55. The van der Waals surface area contributed by atoms with Gasteiger partial charge in [-0.2, -0.15) is 0 Å². The maximum atomic E-state index is 11.9. The highest BCUT2D eigenvalue weighted by atomic mass is 35.5. The zero-order chi connectivity index (χ0) is 13.7. The van der Waals surface area contributed by atoms with Gasteiger partial charge in [-0.05, 0) is 19.1 Å². The summed E-state index contributed by atoms with van der Waals surface area (Å²) >= 11 is 6.09. The molecule has 0 radical (unpaired) electrons. The molecule has 0 spiro atoms. The summed E-state index contributed by atoms with van der Waals surface area (Å²) in [5.41, 5.74) is 0.343. The summed E-state index contributed by atoms with van der Waals surface area (Å²) in [7, 11) is 2.94. The number of halogens is 1. The standard InChI is InChI=1S/C13H15ClO4/c1-8(15)4-6-10(16)9-5-7-11(17-2)13(18-3)12(9)14/h5,7H,4,6H2,1-3H3. The summed E-state index contributed by atoms with van der Waals surface area (Å²) in [5, 5.41) is 0.213. The van der Waals surface area contributed by atoms with Gasteiger partial charge in [-0.15, -0.1) is 0 Å². The first-order valence-electron chi connectivity index (χ1n) is 5.44. The van der Waals surface area contributed by atoms with Crippen LogP contribution in [0.15, 0.2) is 12.1 Å². The number of carbonyl (C=O) groups is 2. The van der Waals surface area contributed by atoms with E-state index in [0.29, 0.717) is 17.1 Å². The van der Waals surface area contributed by atoms with Crippen LogP contribution < -0.4 is 9.47 Å². The summed E-state index contributed by atoms with van der Waals surface area (Å²) in [6.45, 7) is 1.45. The van der Waals surface area contributed by atoms with Crippen LogP contribution in [0, 0.1) is 0 Å². The third kappa shape index (κ3) is 3.23. The van der Waals surface area contributed by atoms with Crippen LogP contribution in [0.1, 0.15) is 30.1 Å². The first-order valence-corrected chi connectivity index (χ1v) is 5.82. The molecule has 1 aromatic carbocycles. The van der Waals surface area contributed by atoms with Gasteiger partial charge in [0.2, 0.25) is 0 Å². The fourth-order valence-corrected chi connectivity index (χ4v) is 1.87. The largest absolute Gasteiger partial charge is 0.493 e. The third-order valence-corrected chi connectivity index (χ3v) is 2.86. The molecule has 0 amide bonds. The smallest absolute Gasteiger partial charge is 0.180 e. The Kier molecular flexibility index (Phi) is 5.16. The Morgan fingerprint density at radius 2 is 1.83 bits per heavy atom. The van der Waals surface area contributed by atoms with E-state index < -0.39 is 0 Å². The zero-order valence-corrected chi connectivity index (χ0v) is 11.3. The molecule has 0 saturated heterocycles. The molecular weight excluding hydrogens is 256 g/mol. The fourth-order valence-electron chi connectivity index (χ4n) is 1.53. The van der Waals surface area contributed by atoms with Crippen LogP contribution >= 0.6 is 11.6 Å². The van der Waals surface area contributed by atoms with E-state index in [1.807, 2.05) is 0 Å². The molecule has 0 aliphatic carbocycles. The number of ether oxygens (including phenoxy) is 2. The van der Waals surface area contributed by atoms with Crippen molar-refractivity contribution in [3.63, 3.8) is 0 Å². The van der Waals surface area contributed by atoms with Crippen molar-refractivity contribution in [1.82, 2.24) is 0 Å². The maximum Gasteiger partial charge on any atom is 0.180 e. The lowest BCUT2D eigenvalue weighted by Gasteiger charge is -2.11. The highest BCUT2D eigenvalue weighted by Gasteiger charge is 2.18. The number of carbonyl (C=O) groups excluding carboxylic acids is 2. The molecule has 0 bridgehead atoms. The number of Topliss-reactive ketones (excluding diaryl/α,β-unsaturated/α-hetero) is 2. The molecule has 0 heterocycles. The van der Waals surface area contributed by atoms with Crippen molar-refractivity contribution in [1.29, 1.82) is 0 Å². The van der Waals surface area contributed by atoms with Gasteiger partial charge in [-0.3, -0.25) is 4.79 Å². The summed E-state index contributed by atoms with van der Waals surface area (Å²) in [4.78, 5) is 22.8. The maximum absolute atomic E-state index is 11.9. The Balaban J connectivity index is 3.03. The molecule has 0 aliphatic rings. The molecule has 18 heavy (non-hydrogen) atoms. The molecule has 5 heteroatoms. The second kappa shape index (κ2) is 6.40. The summed E-state index contributed by atoms with van der Waals surface area (Å²) < 4.78 is 10.2. The van der Waals surface area contributed by atoms with Crippen molar-refractivity contribution >= 4 is 23.2 Å². The molecule has 98 valence electrons. The lowest BCUT2D eigenvalue weighted by atomic mass is 10.0. The Morgan fingerprint density at radius 3 is 2.33 bits per heavy atom. The summed E-state index contributed by atoms with van der Waals surface area (Å²) in [5.74, 6) is 0.578. The summed E-state index contributed by atoms with van der Waals surface area (Å²) in [6.07, 6.45) is 0.355. The second-order valence-electron chi connectivity index (χ2n) is 3.79. The van der Waals surface area contributed by atoms with Crippen LogP contribution in [0.2, 0.25) is 5.02 Å². The molecule has 0 saturated carbocycles. The fraction of sp³-hybridized carbons (Fsp3) is 0.385. The minimum Gasteiger partial charge on any atom is -0.493 e. The number of rotatable bonds is 6. The molecule has 0 atom stereocenters. The van der Waals surface area contributed by atoms with E-state index in [0.717, 1.165) is 0 Å². The molecule has 1 aromatic rings. The average Bonchev–Trinajstić information content (AvgIpc) is 2.35. The van der Waals surface area contributed by atoms with E-state index in [1.165, 1.54) is 21.1 Å². The average molecular weight is 271 g/mol. The molecule has 0 N–H and O–H groups in total. The van der Waals surface area contributed by atoms with E-state index in [-0.39, 0.29) is 29.4 Å². The highest BCUT2D eigenvalue weighted by molar-refractivity contribution is 6.35. The Labute approximate surface area is 111 Å². The predicted molar refractivity (Wildman–Crippen MR) is 68.8 cm³/mol. The lowest BCUT2D eigenvalue weighted by molar-refractivity contribution is -0.116. The first-order chi connectivity index (χ1) is 8.51. The van der Waals surface area contributed by atoms with Crippen LogP contribution in [0.4, 0.5) is 0 Å². The molecule has 0 fully saturated rings. The molecular formula is C13H15ClO4. The Morgan fingerprint density at radius 1 is 1.17 bits per heavy atom. The topological polar surface area (TPSA) is 52.6 Å². The van der Waals surface area contributed by atoms with Crippen molar-refractivity contribution in [2.75, 3.05) is 14.2 Å². The number of ketones is 2. The number of benzene rings is 1. The number of hydrogen-bond acceptors (Lipinski definition) is 4. The SMILES string of the molecule is COc1ccc(C(=O)CCC(C)=O)c(Cl)c1OC. The van der Waals surface area contributed by atoms with E-state index in [1.54, 1.807) is 12.1 Å². The van der Waals surface area contributed by atoms with Gasteiger partial charge in [0.1, 0.15) is 5.78 Å². The molecule has 0 unspecified atom stereocenters.